The van der Waals surface area contributed by atoms with Gasteiger partial charge in [0.1, 0.15) is 0 Å². The number of rotatable bonds is 7. The van der Waals surface area contributed by atoms with Gasteiger partial charge < -0.3 is 0 Å². The first-order valence-electron chi connectivity index (χ1n) is 23.4. The molecule has 0 saturated heterocycles. The number of hydrogen-bond donors (Lipinski definition) is 0. The summed E-state index contributed by atoms with van der Waals surface area (Å²) in [5, 5.41) is 0. The molecule has 65 heavy (non-hydrogen) atoms. The van der Waals surface area contributed by atoms with Crippen molar-refractivity contribution in [1.29, 1.82) is 0 Å². The Morgan fingerprint density at radius 1 is 0.215 bits per heavy atom. The Kier molecular flexibility index (Phi) is 18.1. The van der Waals surface area contributed by atoms with Gasteiger partial charge in [-0.2, -0.15) is 0 Å². The summed E-state index contributed by atoms with van der Waals surface area (Å²) in [5.41, 5.74) is 30.1. The highest BCUT2D eigenvalue weighted by Crippen LogP contribution is 2.30. The van der Waals surface area contributed by atoms with Crippen LogP contribution in [0, 0.1) is 96.9 Å². The van der Waals surface area contributed by atoms with Crippen molar-refractivity contribution < 1.29 is 0 Å². The Bertz CT molecular complexity index is 2650. The summed E-state index contributed by atoms with van der Waals surface area (Å²) in [6, 6.07) is 57.7. The lowest BCUT2D eigenvalue weighted by atomic mass is 9.91. The van der Waals surface area contributed by atoms with Crippen LogP contribution in [0.25, 0.3) is 11.1 Å². The lowest BCUT2D eigenvalue weighted by molar-refractivity contribution is 1.16. The minimum absolute atomic E-state index is 1.03. The lowest BCUT2D eigenvalue weighted by Gasteiger charge is -2.14. The predicted octanol–water partition coefficient (Wildman–Crippen LogP) is 17.5. The van der Waals surface area contributed by atoms with E-state index in [0.717, 1.165) is 19.3 Å². The monoisotopic (exact) mass is 855 g/mol. The smallest absolute Gasteiger partial charge is 0.00255 e. The van der Waals surface area contributed by atoms with E-state index in [1.54, 1.807) is 0 Å². The highest BCUT2D eigenvalue weighted by molar-refractivity contribution is 5.72. The normalized spacial score (nSPS) is 10.5. The molecule has 0 N–H and O–H groups in total. The molecule has 8 aromatic carbocycles. The molecule has 0 fully saturated rings. The molecule has 0 saturated carbocycles. The van der Waals surface area contributed by atoms with E-state index in [4.69, 9.17) is 0 Å². The van der Waals surface area contributed by atoms with Gasteiger partial charge in [-0.15, -0.1) is 0 Å². The van der Waals surface area contributed by atoms with E-state index >= 15 is 0 Å². The average Bonchev–Trinajstić information content (AvgIpc) is 3.21. The molecule has 0 aliphatic carbocycles. The molecule has 0 unspecified atom stereocenters. The fraction of sp³-hybridized carbons (Fsp3) is 0.262. The van der Waals surface area contributed by atoms with Crippen LogP contribution in [-0.4, -0.2) is 0 Å². The van der Waals surface area contributed by atoms with E-state index < -0.39 is 0 Å². The van der Waals surface area contributed by atoms with Crippen LogP contribution in [0.15, 0.2) is 158 Å². The van der Waals surface area contributed by atoms with Crippen molar-refractivity contribution in [3.05, 3.63) is 269 Å². The fourth-order valence-corrected chi connectivity index (χ4v) is 8.93. The second-order valence-electron chi connectivity index (χ2n) is 19.0. The summed E-state index contributed by atoms with van der Waals surface area (Å²) in [4.78, 5) is 0. The third-order valence-corrected chi connectivity index (χ3v) is 12.1. The Hall–Kier alpha value is -6.24. The summed E-state index contributed by atoms with van der Waals surface area (Å²) in [5.74, 6) is 0. The molecule has 0 aliphatic heterocycles. The summed E-state index contributed by atoms with van der Waals surface area (Å²) in [6.07, 6.45) is 3.09. The van der Waals surface area contributed by atoms with Crippen molar-refractivity contribution in [2.45, 2.75) is 116 Å². The van der Waals surface area contributed by atoms with Gasteiger partial charge in [0.25, 0.3) is 0 Å². The van der Waals surface area contributed by atoms with Crippen LogP contribution in [-0.2, 0) is 19.3 Å². The molecule has 0 amide bonds. The van der Waals surface area contributed by atoms with Gasteiger partial charge in [-0.1, -0.05) is 213 Å². The van der Waals surface area contributed by atoms with Crippen molar-refractivity contribution in [2.24, 2.45) is 0 Å². The first-order chi connectivity index (χ1) is 30.9. The van der Waals surface area contributed by atoms with Crippen LogP contribution in [0.4, 0.5) is 0 Å². The molecular weight excluding hydrogens is 781 g/mol. The van der Waals surface area contributed by atoms with Gasteiger partial charge in [0.2, 0.25) is 0 Å². The van der Waals surface area contributed by atoms with Gasteiger partial charge in [0, 0.05) is 0 Å². The van der Waals surface area contributed by atoms with Crippen molar-refractivity contribution in [1.82, 2.24) is 0 Å². The van der Waals surface area contributed by atoms with E-state index in [1.165, 1.54) is 122 Å². The summed E-state index contributed by atoms with van der Waals surface area (Å²) in [7, 11) is 0. The van der Waals surface area contributed by atoms with Crippen LogP contribution in [0.3, 0.4) is 0 Å². The molecule has 0 bridgehead atoms. The Morgan fingerprint density at radius 2 is 0.569 bits per heavy atom. The molecule has 334 valence electrons. The lowest BCUT2D eigenvalue weighted by Crippen LogP contribution is -1.92. The minimum atomic E-state index is 1.03. The molecule has 0 spiro atoms. The summed E-state index contributed by atoms with van der Waals surface area (Å²) < 4.78 is 0. The van der Waals surface area contributed by atoms with Gasteiger partial charge >= 0.3 is 0 Å². The molecule has 0 aliphatic rings. The number of aryl methyl sites for hydroxylation is 12. The molecular formula is C65H74. The van der Waals surface area contributed by atoms with Crippen molar-refractivity contribution >= 4 is 0 Å². The van der Waals surface area contributed by atoms with Crippen molar-refractivity contribution in [2.75, 3.05) is 0 Å². The van der Waals surface area contributed by atoms with Gasteiger partial charge in [-0.25, -0.2) is 0 Å². The molecule has 0 nitrogen and oxygen atoms in total. The molecule has 0 heterocycles. The number of benzene rings is 8. The summed E-state index contributed by atoms with van der Waals surface area (Å²) in [6.45, 7) is 30.3. The van der Waals surface area contributed by atoms with E-state index in [9.17, 15) is 0 Å². The SMILES string of the molecule is Cc1ccc(-c2ccc(C)c(C)c2C)c(C)c1.Cc1ccc(Cc2cc(C)cc(C)c2)cc1.Cc1cccc(Cc2cc(C)cc(C)c2)c1.Cc1cccc(Cc2cc(C)cc(C)c2)c1. The standard InChI is InChI=1S/C17H20.3C16H18/c1-11-6-8-16(13(3)10-11)17-9-7-12(2)14(4)15(17)5;1-12-4-6-15(7-5-12)11-16-9-13(2)8-14(3)10-16;2*1-12-5-4-6-15(8-12)11-16-9-13(2)7-14(3)10-16/h6-10H,1-5H3;3*4-10H,11H2,1-3H3. The van der Waals surface area contributed by atoms with E-state index in [1.807, 2.05) is 0 Å². The highest BCUT2D eigenvalue weighted by Gasteiger charge is 2.08. The fourth-order valence-electron chi connectivity index (χ4n) is 8.93. The molecule has 0 aromatic heterocycles. The average molecular weight is 855 g/mol. The zero-order chi connectivity index (χ0) is 47.2. The van der Waals surface area contributed by atoms with E-state index in [2.05, 4.69) is 255 Å². The number of hydrogen-bond acceptors (Lipinski definition) is 0. The summed E-state index contributed by atoms with van der Waals surface area (Å²) >= 11 is 0. The van der Waals surface area contributed by atoms with Gasteiger partial charge in [-0.3, -0.25) is 0 Å². The largest absolute Gasteiger partial charge is 0.0617 e. The topological polar surface area (TPSA) is 0 Å². The molecule has 0 heteroatoms. The molecule has 8 aromatic rings. The van der Waals surface area contributed by atoms with Gasteiger partial charge in [0.05, 0.1) is 0 Å². The van der Waals surface area contributed by atoms with Gasteiger partial charge in [-0.05, 0) is 183 Å². The van der Waals surface area contributed by atoms with Crippen LogP contribution >= 0.6 is 0 Å². The second kappa shape index (κ2) is 23.6. The maximum Gasteiger partial charge on any atom is -0.00255 e. The molecule has 0 radical (unpaired) electrons. The molecule has 8 rings (SSSR count). The second-order valence-corrected chi connectivity index (χ2v) is 19.0. The van der Waals surface area contributed by atoms with Crippen LogP contribution in [0.2, 0.25) is 0 Å². The minimum Gasteiger partial charge on any atom is -0.0617 e. The highest BCUT2D eigenvalue weighted by atomic mass is 14.1. The van der Waals surface area contributed by atoms with Crippen molar-refractivity contribution in [3.8, 4) is 11.1 Å². The Morgan fingerprint density at radius 3 is 0.969 bits per heavy atom. The maximum absolute atomic E-state index is 2.27. The first kappa shape index (κ1) is 49.8. The zero-order valence-corrected chi connectivity index (χ0v) is 42.1. The Labute approximate surface area is 394 Å². The van der Waals surface area contributed by atoms with E-state index in [-0.39, 0.29) is 0 Å². The predicted molar refractivity (Wildman–Crippen MR) is 285 cm³/mol. The zero-order valence-electron chi connectivity index (χ0n) is 42.1. The third-order valence-electron chi connectivity index (χ3n) is 12.1. The van der Waals surface area contributed by atoms with Crippen LogP contribution < -0.4 is 0 Å². The Balaban J connectivity index is 0.000000163. The van der Waals surface area contributed by atoms with Crippen LogP contribution in [0.1, 0.15) is 111 Å². The quantitative estimate of drug-likeness (QED) is 0.150. The van der Waals surface area contributed by atoms with Crippen LogP contribution in [0.5, 0.6) is 0 Å². The first-order valence-corrected chi connectivity index (χ1v) is 23.4. The third kappa shape index (κ3) is 16.1. The molecule has 0 atom stereocenters. The van der Waals surface area contributed by atoms with Gasteiger partial charge in [0.15, 0.2) is 0 Å². The maximum atomic E-state index is 2.27. The van der Waals surface area contributed by atoms with Crippen molar-refractivity contribution in [3.63, 3.8) is 0 Å². The van der Waals surface area contributed by atoms with E-state index in [0.29, 0.717) is 0 Å².